The van der Waals surface area contributed by atoms with Crippen molar-refractivity contribution in [2.75, 3.05) is 12.8 Å². The molecule has 1 aromatic heterocycles. The molecule has 0 aliphatic heterocycles. The molecular weight excluding hydrogens is 280 g/mol. The Morgan fingerprint density at radius 2 is 2.05 bits per heavy atom. The van der Waals surface area contributed by atoms with Crippen LogP contribution in [0.2, 0.25) is 0 Å². The summed E-state index contributed by atoms with van der Waals surface area (Å²) in [5, 5.41) is 2.85. The Labute approximate surface area is 119 Å². The standard InChI is InChI=1S/C12H22N4O3S/c1-12(2,3)10(8-16-6-5-13-9-16)15-11(17)7-14-20(4,18)19/h5-6,9-10,14H,7-8H2,1-4H3,(H,15,17). The zero-order chi connectivity index (χ0) is 15.4. The number of hydrogen-bond donors (Lipinski definition) is 2. The summed E-state index contributed by atoms with van der Waals surface area (Å²) in [4.78, 5) is 15.8. The van der Waals surface area contributed by atoms with E-state index in [4.69, 9.17) is 0 Å². The van der Waals surface area contributed by atoms with Crippen LogP contribution in [0.5, 0.6) is 0 Å². The number of hydrogen-bond acceptors (Lipinski definition) is 4. The van der Waals surface area contributed by atoms with E-state index >= 15 is 0 Å². The van der Waals surface area contributed by atoms with Crippen molar-refractivity contribution in [1.29, 1.82) is 0 Å². The second-order valence-electron chi connectivity index (χ2n) is 5.84. The maximum absolute atomic E-state index is 11.8. The molecule has 1 heterocycles. The number of aromatic nitrogens is 2. The fourth-order valence-electron chi connectivity index (χ4n) is 1.58. The third-order valence-corrected chi connectivity index (χ3v) is 3.50. The van der Waals surface area contributed by atoms with Crippen LogP contribution in [0.15, 0.2) is 18.7 Å². The summed E-state index contributed by atoms with van der Waals surface area (Å²) in [6.45, 7) is 6.36. The highest BCUT2D eigenvalue weighted by molar-refractivity contribution is 7.88. The lowest BCUT2D eigenvalue weighted by Crippen LogP contribution is -2.49. The molecule has 1 rings (SSSR count). The Morgan fingerprint density at radius 1 is 1.40 bits per heavy atom. The van der Waals surface area contributed by atoms with Gasteiger partial charge in [0.1, 0.15) is 0 Å². The highest BCUT2D eigenvalue weighted by Crippen LogP contribution is 2.20. The number of imidazole rings is 1. The van der Waals surface area contributed by atoms with Gasteiger partial charge in [0.2, 0.25) is 15.9 Å². The predicted octanol–water partition coefficient (Wildman–Crippen LogP) is -0.0368. The van der Waals surface area contributed by atoms with Gasteiger partial charge >= 0.3 is 0 Å². The SMILES string of the molecule is CC(C)(C)C(Cn1ccnc1)NC(=O)CNS(C)(=O)=O. The van der Waals surface area contributed by atoms with E-state index in [0.29, 0.717) is 6.54 Å². The minimum absolute atomic E-state index is 0.134. The molecule has 0 bridgehead atoms. The molecule has 1 unspecified atom stereocenters. The minimum Gasteiger partial charge on any atom is -0.350 e. The fraction of sp³-hybridized carbons (Fsp3) is 0.667. The highest BCUT2D eigenvalue weighted by atomic mass is 32.2. The lowest BCUT2D eigenvalue weighted by atomic mass is 9.86. The number of sulfonamides is 1. The maximum Gasteiger partial charge on any atom is 0.235 e. The van der Waals surface area contributed by atoms with Crippen molar-refractivity contribution < 1.29 is 13.2 Å². The van der Waals surface area contributed by atoms with Gasteiger partial charge in [-0.3, -0.25) is 4.79 Å². The van der Waals surface area contributed by atoms with Crippen LogP contribution in [0.3, 0.4) is 0 Å². The van der Waals surface area contributed by atoms with Crippen molar-refractivity contribution in [3.05, 3.63) is 18.7 Å². The number of carbonyl (C=O) groups excluding carboxylic acids is 1. The molecule has 1 amide bonds. The van der Waals surface area contributed by atoms with Crippen molar-refractivity contribution in [3.8, 4) is 0 Å². The maximum atomic E-state index is 11.8. The summed E-state index contributed by atoms with van der Waals surface area (Å²) < 4.78 is 26.0. The summed E-state index contributed by atoms with van der Waals surface area (Å²) in [7, 11) is -3.37. The first-order valence-corrected chi connectivity index (χ1v) is 8.17. The van der Waals surface area contributed by atoms with E-state index in [1.165, 1.54) is 0 Å². The van der Waals surface area contributed by atoms with Crippen LogP contribution < -0.4 is 10.0 Å². The Hall–Kier alpha value is -1.41. The van der Waals surface area contributed by atoms with Gasteiger partial charge in [0.25, 0.3) is 0 Å². The van der Waals surface area contributed by atoms with E-state index in [1.54, 1.807) is 12.5 Å². The number of carbonyl (C=O) groups is 1. The molecule has 0 saturated carbocycles. The minimum atomic E-state index is -3.37. The van der Waals surface area contributed by atoms with Crippen LogP contribution in [-0.2, 0) is 21.4 Å². The van der Waals surface area contributed by atoms with E-state index in [2.05, 4.69) is 15.0 Å². The van der Waals surface area contributed by atoms with Crippen molar-refractivity contribution in [3.63, 3.8) is 0 Å². The molecule has 0 spiro atoms. The Morgan fingerprint density at radius 3 is 2.50 bits per heavy atom. The van der Waals surface area contributed by atoms with Crippen LogP contribution in [0, 0.1) is 5.41 Å². The van der Waals surface area contributed by atoms with Gasteiger partial charge < -0.3 is 9.88 Å². The van der Waals surface area contributed by atoms with Gasteiger partial charge in [0, 0.05) is 18.9 Å². The third kappa shape index (κ3) is 6.16. The molecular formula is C12H22N4O3S. The molecule has 0 aromatic carbocycles. The Bertz CT molecular complexity index is 532. The molecule has 7 nitrogen and oxygen atoms in total. The molecule has 20 heavy (non-hydrogen) atoms. The van der Waals surface area contributed by atoms with Crippen LogP contribution in [-0.4, -0.2) is 42.7 Å². The molecule has 1 atom stereocenters. The largest absolute Gasteiger partial charge is 0.350 e. The first kappa shape index (κ1) is 16.6. The van der Waals surface area contributed by atoms with Crippen LogP contribution in [0.4, 0.5) is 0 Å². The zero-order valence-electron chi connectivity index (χ0n) is 12.3. The molecule has 0 aliphatic rings. The smallest absolute Gasteiger partial charge is 0.235 e. The monoisotopic (exact) mass is 302 g/mol. The molecule has 1 aromatic rings. The molecule has 0 aliphatic carbocycles. The Balaban J connectivity index is 2.64. The second kappa shape index (κ2) is 6.36. The predicted molar refractivity (Wildman–Crippen MR) is 76.5 cm³/mol. The van der Waals surface area contributed by atoms with Gasteiger partial charge in [-0.25, -0.2) is 18.1 Å². The van der Waals surface area contributed by atoms with E-state index in [9.17, 15) is 13.2 Å². The molecule has 0 saturated heterocycles. The summed E-state index contributed by atoms with van der Waals surface area (Å²) in [5.74, 6) is -0.351. The van der Waals surface area contributed by atoms with Crippen molar-refractivity contribution in [1.82, 2.24) is 19.6 Å². The topological polar surface area (TPSA) is 93.1 Å². The zero-order valence-corrected chi connectivity index (χ0v) is 13.1. The van der Waals surface area contributed by atoms with Crippen molar-refractivity contribution in [2.45, 2.75) is 33.4 Å². The highest BCUT2D eigenvalue weighted by Gasteiger charge is 2.26. The summed E-state index contributed by atoms with van der Waals surface area (Å²) in [6, 6.07) is -0.134. The van der Waals surface area contributed by atoms with Gasteiger partial charge in [-0.2, -0.15) is 0 Å². The molecule has 8 heteroatoms. The average molecular weight is 302 g/mol. The summed E-state index contributed by atoms with van der Waals surface area (Å²) in [6.07, 6.45) is 6.19. The van der Waals surface area contributed by atoms with Crippen LogP contribution in [0.1, 0.15) is 20.8 Å². The number of nitrogens with zero attached hydrogens (tertiary/aromatic N) is 2. The Kier molecular flexibility index (Phi) is 5.29. The molecule has 0 fully saturated rings. The van der Waals surface area contributed by atoms with Gasteiger partial charge in [-0.15, -0.1) is 0 Å². The van der Waals surface area contributed by atoms with Gasteiger partial charge in [-0.1, -0.05) is 20.8 Å². The van der Waals surface area contributed by atoms with Crippen molar-refractivity contribution >= 4 is 15.9 Å². The molecule has 0 radical (unpaired) electrons. The number of nitrogens with one attached hydrogen (secondary N) is 2. The van der Waals surface area contributed by atoms with Crippen LogP contribution >= 0.6 is 0 Å². The number of rotatable bonds is 6. The molecule has 114 valence electrons. The van der Waals surface area contributed by atoms with Gasteiger partial charge in [-0.05, 0) is 5.41 Å². The van der Waals surface area contributed by atoms with E-state index in [1.807, 2.05) is 31.5 Å². The quantitative estimate of drug-likeness (QED) is 0.771. The lowest BCUT2D eigenvalue weighted by Gasteiger charge is -2.31. The first-order valence-electron chi connectivity index (χ1n) is 6.27. The first-order chi connectivity index (χ1) is 9.08. The lowest BCUT2D eigenvalue weighted by molar-refractivity contribution is -0.121. The van der Waals surface area contributed by atoms with E-state index in [-0.39, 0.29) is 23.9 Å². The third-order valence-electron chi connectivity index (χ3n) is 2.83. The second-order valence-corrected chi connectivity index (χ2v) is 7.67. The normalized spacial score (nSPS) is 14.0. The summed E-state index contributed by atoms with van der Waals surface area (Å²) >= 11 is 0. The van der Waals surface area contributed by atoms with Crippen LogP contribution in [0.25, 0.3) is 0 Å². The van der Waals surface area contributed by atoms with E-state index < -0.39 is 10.0 Å². The fourth-order valence-corrected chi connectivity index (χ4v) is 1.98. The number of amides is 1. The van der Waals surface area contributed by atoms with Gasteiger partial charge in [0.15, 0.2) is 0 Å². The average Bonchev–Trinajstić information content (AvgIpc) is 2.76. The van der Waals surface area contributed by atoms with Crippen molar-refractivity contribution in [2.24, 2.45) is 5.41 Å². The molecule has 2 N–H and O–H groups in total. The summed E-state index contributed by atoms with van der Waals surface area (Å²) in [5.41, 5.74) is -0.162. The van der Waals surface area contributed by atoms with E-state index in [0.717, 1.165) is 6.26 Å². The van der Waals surface area contributed by atoms with Gasteiger partial charge in [0.05, 0.1) is 25.2 Å².